The Kier molecular flexibility index (Phi) is 4.12. The van der Waals surface area contributed by atoms with Gasteiger partial charge in [-0.15, -0.1) is 0 Å². The standard InChI is InChI=1S/C21H19N5O2/c27-21(16-13-23-26-11-4-10-22-20(16)26)25-12-9-18-17(14-25)24-19(28-18)8-7-15-5-2-1-3-6-15/h1-6,10-11,13H,7-9,12,14H2. The summed E-state index contributed by atoms with van der Waals surface area (Å²) in [5.41, 5.74) is 3.20. The molecule has 0 atom stereocenters. The Bertz CT molecular complexity index is 1130. The summed E-state index contributed by atoms with van der Waals surface area (Å²) in [5.74, 6) is 1.55. The molecule has 1 amide bonds. The van der Waals surface area contributed by atoms with Crippen molar-refractivity contribution in [2.24, 2.45) is 0 Å². The van der Waals surface area contributed by atoms with Crippen LogP contribution in [0.1, 0.15) is 33.3 Å². The van der Waals surface area contributed by atoms with Gasteiger partial charge >= 0.3 is 0 Å². The molecule has 3 aromatic heterocycles. The molecule has 4 aromatic rings. The molecule has 0 saturated carbocycles. The van der Waals surface area contributed by atoms with Gasteiger partial charge in [0.15, 0.2) is 11.5 Å². The van der Waals surface area contributed by atoms with E-state index in [1.165, 1.54) is 5.56 Å². The number of hydrogen-bond donors (Lipinski definition) is 0. The molecule has 28 heavy (non-hydrogen) atoms. The lowest BCUT2D eigenvalue weighted by atomic mass is 10.1. The van der Waals surface area contributed by atoms with Gasteiger partial charge in [0.2, 0.25) is 0 Å². The fourth-order valence-electron chi connectivity index (χ4n) is 3.58. The molecule has 0 aliphatic carbocycles. The van der Waals surface area contributed by atoms with Crippen LogP contribution in [0.25, 0.3) is 5.65 Å². The van der Waals surface area contributed by atoms with E-state index in [-0.39, 0.29) is 5.91 Å². The molecule has 0 unspecified atom stereocenters. The maximum Gasteiger partial charge on any atom is 0.259 e. The smallest absolute Gasteiger partial charge is 0.259 e. The third-order valence-corrected chi connectivity index (χ3v) is 5.04. The van der Waals surface area contributed by atoms with E-state index in [4.69, 9.17) is 4.42 Å². The normalized spacial score (nSPS) is 13.6. The van der Waals surface area contributed by atoms with Crippen molar-refractivity contribution in [1.29, 1.82) is 0 Å². The van der Waals surface area contributed by atoms with E-state index in [0.29, 0.717) is 30.7 Å². The molecule has 0 N–H and O–H groups in total. The van der Waals surface area contributed by atoms with Crippen molar-refractivity contribution in [3.8, 4) is 0 Å². The predicted molar refractivity (Wildman–Crippen MR) is 102 cm³/mol. The van der Waals surface area contributed by atoms with Gasteiger partial charge in [-0.1, -0.05) is 30.3 Å². The van der Waals surface area contributed by atoms with Crippen molar-refractivity contribution < 1.29 is 9.21 Å². The molecule has 0 saturated heterocycles. The fourth-order valence-corrected chi connectivity index (χ4v) is 3.58. The van der Waals surface area contributed by atoms with Crippen molar-refractivity contribution in [2.45, 2.75) is 25.8 Å². The van der Waals surface area contributed by atoms with Gasteiger partial charge in [-0.25, -0.2) is 14.5 Å². The lowest BCUT2D eigenvalue weighted by molar-refractivity contribution is 0.0729. The highest BCUT2D eigenvalue weighted by molar-refractivity contribution is 5.99. The van der Waals surface area contributed by atoms with Crippen LogP contribution in [0.5, 0.6) is 0 Å². The monoisotopic (exact) mass is 373 g/mol. The number of rotatable bonds is 4. The van der Waals surface area contributed by atoms with Gasteiger partial charge in [-0.2, -0.15) is 5.10 Å². The molecule has 1 aromatic carbocycles. The lowest BCUT2D eigenvalue weighted by Gasteiger charge is -2.24. The molecule has 0 fully saturated rings. The Morgan fingerprint density at radius 3 is 2.93 bits per heavy atom. The van der Waals surface area contributed by atoms with Gasteiger partial charge in [0, 0.05) is 31.8 Å². The second-order valence-electron chi connectivity index (χ2n) is 6.89. The van der Waals surface area contributed by atoms with E-state index in [9.17, 15) is 4.79 Å². The first kappa shape index (κ1) is 16.7. The Morgan fingerprint density at radius 2 is 2.04 bits per heavy atom. The number of carbonyl (C=O) groups excluding carboxylic acids is 1. The van der Waals surface area contributed by atoms with E-state index < -0.39 is 0 Å². The molecular formula is C21H19N5O2. The van der Waals surface area contributed by atoms with E-state index >= 15 is 0 Å². The van der Waals surface area contributed by atoms with Gasteiger partial charge in [0.05, 0.1) is 12.7 Å². The minimum absolute atomic E-state index is 0.0758. The summed E-state index contributed by atoms with van der Waals surface area (Å²) < 4.78 is 7.55. The lowest BCUT2D eigenvalue weighted by Crippen LogP contribution is -2.35. The Hall–Kier alpha value is -3.48. The SMILES string of the molecule is O=C(c1cnn2cccnc12)N1CCc2oc(CCc3ccccc3)nc2C1. The highest BCUT2D eigenvalue weighted by Crippen LogP contribution is 2.23. The zero-order valence-corrected chi connectivity index (χ0v) is 15.3. The fraction of sp³-hybridized carbons (Fsp3) is 0.238. The first-order chi connectivity index (χ1) is 13.8. The zero-order chi connectivity index (χ0) is 18.9. The first-order valence-corrected chi connectivity index (χ1v) is 9.37. The molecule has 5 rings (SSSR count). The topological polar surface area (TPSA) is 76.5 Å². The number of fused-ring (bicyclic) bond motifs is 2. The summed E-state index contributed by atoms with van der Waals surface area (Å²) in [6.45, 7) is 1.05. The van der Waals surface area contributed by atoms with E-state index in [0.717, 1.165) is 30.2 Å². The number of carbonyl (C=O) groups is 1. The molecule has 0 spiro atoms. The number of nitrogens with zero attached hydrogens (tertiary/aromatic N) is 5. The zero-order valence-electron chi connectivity index (χ0n) is 15.3. The summed E-state index contributed by atoms with van der Waals surface area (Å²) in [5, 5.41) is 4.21. The van der Waals surface area contributed by atoms with Gasteiger partial charge in [0.25, 0.3) is 5.91 Å². The summed E-state index contributed by atoms with van der Waals surface area (Å²) in [7, 11) is 0. The van der Waals surface area contributed by atoms with Crippen LogP contribution >= 0.6 is 0 Å². The summed E-state index contributed by atoms with van der Waals surface area (Å²) in [6.07, 6.45) is 7.34. The average Bonchev–Trinajstić information content (AvgIpc) is 3.35. The number of benzene rings is 1. The van der Waals surface area contributed by atoms with Crippen LogP contribution in [0.4, 0.5) is 0 Å². The van der Waals surface area contributed by atoms with Crippen LogP contribution in [0, 0.1) is 0 Å². The molecule has 4 heterocycles. The second kappa shape index (κ2) is 6.92. The van der Waals surface area contributed by atoms with Crippen LogP contribution in [0.2, 0.25) is 0 Å². The van der Waals surface area contributed by atoms with Gasteiger partial charge < -0.3 is 9.32 Å². The molecule has 0 bridgehead atoms. The minimum atomic E-state index is -0.0758. The summed E-state index contributed by atoms with van der Waals surface area (Å²) in [6, 6.07) is 12.1. The largest absolute Gasteiger partial charge is 0.445 e. The number of amides is 1. The molecular weight excluding hydrogens is 354 g/mol. The van der Waals surface area contributed by atoms with Crippen LogP contribution in [0.3, 0.4) is 0 Å². The van der Waals surface area contributed by atoms with Gasteiger partial charge in [0.1, 0.15) is 17.0 Å². The van der Waals surface area contributed by atoms with Crippen molar-refractivity contribution in [3.63, 3.8) is 0 Å². The number of aryl methyl sites for hydroxylation is 2. The predicted octanol–water partition coefficient (Wildman–Crippen LogP) is 2.70. The van der Waals surface area contributed by atoms with E-state index in [1.807, 2.05) is 18.2 Å². The van der Waals surface area contributed by atoms with E-state index in [2.05, 4.69) is 27.2 Å². The third kappa shape index (κ3) is 3.05. The highest BCUT2D eigenvalue weighted by atomic mass is 16.4. The number of aromatic nitrogens is 4. The highest BCUT2D eigenvalue weighted by Gasteiger charge is 2.28. The van der Waals surface area contributed by atoms with Crippen LogP contribution in [-0.4, -0.2) is 36.9 Å². The van der Waals surface area contributed by atoms with Crippen molar-refractivity contribution in [2.75, 3.05) is 6.54 Å². The maximum absolute atomic E-state index is 13.0. The molecule has 1 aliphatic rings. The Balaban J connectivity index is 1.31. The van der Waals surface area contributed by atoms with Crippen LogP contribution in [-0.2, 0) is 25.8 Å². The Labute approximate surface area is 161 Å². The molecule has 7 heteroatoms. The minimum Gasteiger partial charge on any atom is -0.445 e. The molecule has 0 radical (unpaired) electrons. The van der Waals surface area contributed by atoms with Crippen LogP contribution in [0.15, 0.2) is 59.4 Å². The van der Waals surface area contributed by atoms with E-state index in [1.54, 1.807) is 34.1 Å². The summed E-state index contributed by atoms with van der Waals surface area (Å²) >= 11 is 0. The quantitative estimate of drug-likeness (QED) is 0.550. The maximum atomic E-state index is 13.0. The molecule has 140 valence electrons. The second-order valence-corrected chi connectivity index (χ2v) is 6.89. The molecule has 1 aliphatic heterocycles. The van der Waals surface area contributed by atoms with Crippen molar-refractivity contribution >= 4 is 11.6 Å². The molecule has 7 nitrogen and oxygen atoms in total. The summed E-state index contributed by atoms with van der Waals surface area (Å²) in [4.78, 5) is 23.7. The van der Waals surface area contributed by atoms with Crippen molar-refractivity contribution in [1.82, 2.24) is 24.5 Å². The average molecular weight is 373 g/mol. The number of hydrogen-bond acceptors (Lipinski definition) is 5. The number of oxazole rings is 1. The van der Waals surface area contributed by atoms with Gasteiger partial charge in [-0.05, 0) is 18.1 Å². The van der Waals surface area contributed by atoms with Crippen molar-refractivity contribution in [3.05, 3.63) is 83.5 Å². The third-order valence-electron chi connectivity index (χ3n) is 5.04. The Morgan fingerprint density at radius 1 is 1.14 bits per heavy atom. The van der Waals surface area contributed by atoms with Gasteiger partial charge in [-0.3, -0.25) is 4.79 Å². The van der Waals surface area contributed by atoms with Crippen LogP contribution < -0.4 is 0 Å². The first-order valence-electron chi connectivity index (χ1n) is 9.37.